The number of carbonyl (C=O) groups is 1. The second-order valence-corrected chi connectivity index (χ2v) is 7.17. The molecule has 3 N–H and O–H groups in total. The molecule has 0 unspecified atom stereocenters. The topological polar surface area (TPSA) is 117 Å². The molecule has 1 aromatic heterocycles. The number of rotatable bonds is 6. The molecule has 0 aliphatic heterocycles. The van der Waals surface area contributed by atoms with Crippen molar-refractivity contribution in [2.45, 2.75) is 37.2 Å². The summed E-state index contributed by atoms with van der Waals surface area (Å²) in [7, 11) is -3.91. The number of hydrogen-bond acceptors (Lipinski definition) is 5. The Morgan fingerprint density at radius 1 is 1.29 bits per heavy atom. The first-order valence-corrected chi connectivity index (χ1v) is 8.31. The third kappa shape index (κ3) is 3.63. The quantitative estimate of drug-likeness (QED) is 0.726. The van der Waals surface area contributed by atoms with E-state index in [1.54, 1.807) is 0 Å². The largest absolute Gasteiger partial charge is 0.475 e. The first-order chi connectivity index (χ1) is 9.88. The first-order valence-electron chi connectivity index (χ1n) is 6.82. The van der Waals surface area contributed by atoms with Gasteiger partial charge in [0, 0.05) is 18.6 Å². The minimum absolute atomic E-state index is 0.0753. The van der Waals surface area contributed by atoms with Gasteiger partial charge >= 0.3 is 5.97 Å². The second-order valence-electron chi connectivity index (χ2n) is 5.47. The number of furan rings is 1. The minimum atomic E-state index is -3.91. The van der Waals surface area contributed by atoms with Crippen LogP contribution in [0.25, 0.3) is 0 Å². The first kappa shape index (κ1) is 16.0. The van der Waals surface area contributed by atoms with Gasteiger partial charge in [-0.2, -0.15) is 0 Å². The maximum atomic E-state index is 12.1. The third-order valence-corrected chi connectivity index (χ3v) is 5.22. The van der Waals surface area contributed by atoms with Crippen molar-refractivity contribution in [2.24, 2.45) is 5.41 Å². The van der Waals surface area contributed by atoms with Gasteiger partial charge in [0.2, 0.25) is 10.9 Å². The van der Waals surface area contributed by atoms with Crippen molar-refractivity contribution in [3.05, 3.63) is 17.9 Å². The molecule has 0 spiro atoms. The van der Waals surface area contributed by atoms with Gasteiger partial charge < -0.3 is 14.6 Å². The van der Waals surface area contributed by atoms with E-state index in [4.69, 9.17) is 9.52 Å². The van der Waals surface area contributed by atoms with E-state index >= 15 is 0 Å². The Kier molecular flexibility index (Phi) is 4.70. The second kappa shape index (κ2) is 6.17. The molecule has 0 aromatic carbocycles. The summed E-state index contributed by atoms with van der Waals surface area (Å²) in [5, 5.41) is 17.9. The summed E-state index contributed by atoms with van der Waals surface area (Å²) in [6, 6.07) is 2.21. The molecule has 0 saturated heterocycles. The molecule has 1 aromatic rings. The molecule has 1 aliphatic carbocycles. The fourth-order valence-corrected chi connectivity index (χ4v) is 3.68. The van der Waals surface area contributed by atoms with E-state index < -0.39 is 32.3 Å². The van der Waals surface area contributed by atoms with Crippen molar-refractivity contribution in [1.82, 2.24) is 4.72 Å². The lowest BCUT2D eigenvalue weighted by Crippen LogP contribution is -2.41. The van der Waals surface area contributed by atoms with Crippen LogP contribution in [0.4, 0.5) is 0 Å². The van der Waals surface area contributed by atoms with Crippen LogP contribution in [0.15, 0.2) is 21.6 Å². The zero-order chi connectivity index (χ0) is 15.5. The van der Waals surface area contributed by atoms with Crippen molar-refractivity contribution in [2.75, 3.05) is 13.2 Å². The van der Waals surface area contributed by atoms with Gasteiger partial charge in [-0.25, -0.2) is 17.9 Å². The lowest BCUT2D eigenvalue weighted by molar-refractivity contribution is 0.0656. The Morgan fingerprint density at radius 2 is 1.95 bits per heavy atom. The molecule has 0 radical (unpaired) electrons. The number of nitrogens with one attached hydrogen (secondary N) is 1. The highest BCUT2D eigenvalue weighted by Gasteiger charge is 2.33. The molecule has 8 heteroatoms. The average molecular weight is 317 g/mol. The van der Waals surface area contributed by atoms with E-state index in [0.29, 0.717) is 0 Å². The van der Waals surface area contributed by atoms with Crippen LogP contribution in [0, 0.1) is 5.41 Å². The van der Waals surface area contributed by atoms with Gasteiger partial charge in [0.15, 0.2) is 0 Å². The summed E-state index contributed by atoms with van der Waals surface area (Å²) in [5.41, 5.74) is -0.437. The molecule has 1 saturated carbocycles. The molecule has 0 amide bonds. The fourth-order valence-electron chi connectivity index (χ4n) is 2.59. The summed E-state index contributed by atoms with van der Waals surface area (Å²) in [5.74, 6) is -1.75. The standard InChI is InChI=1S/C13H19NO6S/c15-9-13(6-2-1-3-7-13)8-14-21(18,19)11-5-4-10(20-11)12(16)17/h4-5,14-15H,1-3,6-9H2,(H,16,17). The molecular formula is C13H19NO6S. The zero-order valence-electron chi connectivity index (χ0n) is 11.5. The van der Waals surface area contributed by atoms with Crippen LogP contribution in [-0.4, -0.2) is 37.8 Å². The van der Waals surface area contributed by atoms with Crippen molar-refractivity contribution in [3.8, 4) is 0 Å². The number of carboxylic acid groups (broad SMARTS) is 1. The summed E-state index contributed by atoms with van der Waals surface area (Å²) in [6.45, 7) is 0.0446. The number of aliphatic hydroxyl groups excluding tert-OH is 1. The van der Waals surface area contributed by atoms with Crippen LogP contribution in [0.3, 0.4) is 0 Å². The Bertz CT molecular complexity index is 600. The Balaban J connectivity index is 2.07. The lowest BCUT2D eigenvalue weighted by atomic mass is 9.75. The molecule has 7 nitrogen and oxygen atoms in total. The van der Waals surface area contributed by atoms with Crippen LogP contribution in [0.1, 0.15) is 42.7 Å². The molecule has 1 aliphatic rings. The summed E-state index contributed by atoms with van der Waals surface area (Å²) >= 11 is 0. The van der Waals surface area contributed by atoms with Crippen molar-refractivity contribution in [3.63, 3.8) is 0 Å². The van der Waals surface area contributed by atoms with E-state index in [9.17, 15) is 18.3 Å². The maximum Gasteiger partial charge on any atom is 0.371 e. The van der Waals surface area contributed by atoms with E-state index in [2.05, 4.69) is 4.72 Å². The van der Waals surface area contributed by atoms with Crippen LogP contribution < -0.4 is 4.72 Å². The highest BCUT2D eigenvalue weighted by atomic mass is 32.2. The number of hydrogen-bond donors (Lipinski definition) is 3. The predicted molar refractivity (Wildman–Crippen MR) is 73.5 cm³/mol. The normalized spacial score (nSPS) is 18.5. The smallest absolute Gasteiger partial charge is 0.371 e. The van der Waals surface area contributed by atoms with Crippen molar-refractivity contribution in [1.29, 1.82) is 0 Å². The van der Waals surface area contributed by atoms with Gasteiger partial charge in [0.05, 0.1) is 0 Å². The summed E-state index contributed by atoms with van der Waals surface area (Å²) in [6.07, 6.45) is 4.56. The van der Waals surface area contributed by atoms with Crippen molar-refractivity contribution >= 4 is 16.0 Å². The minimum Gasteiger partial charge on any atom is -0.475 e. The zero-order valence-corrected chi connectivity index (χ0v) is 12.4. The number of carboxylic acids is 1. The van der Waals surface area contributed by atoms with Gasteiger partial charge in [-0.1, -0.05) is 19.3 Å². The number of aliphatic hydroxyl groups is 1. The van der Waals surface area contributed by atoms with E-state index in [-0.39, 0.29) is 13.2 Å². The van der Waals surface area contributed by atoms with E-state index in [1.165, 1.54) is 0 Å². The molecule has 21 heavy (non-hydrogen) atoms. The fraction of sp³-hybridized carbons (Fsp3) is 0.615. The Hall–Kier alpha value is -1.38. The SMILES string of the molecule is O=C(O)c1ccc(S(=O)(=O)NCC2(CO)CCCCC2)o1. The van der Waals surface area contributed by atoms with Crippen LogP contribution >= 0.6 is 0 Å². The van der Waals surface area contributed by atoms with Crippen LogP contribution in [0.2, 0.25) is 0 Å². The third-order valence-electron chi connectivity index (χ3n) is 3.94. The molecule has 118 valence electrons. The van der Waals surface area contributed by atoms with Crippen LogP contribution in [0.5, 0.6) is 0 Å². The van der Waals surface area contributed by atoms with Gasteiger partial charge in [-0.15, -0.1) is 0 Å². The maximum absolute atomic E-state index is 12.1. The molecule has 0 atom stereocenters. The molecule has 1 fully saturated rings. The van der Waals surface area contributed by atoms with Gasteiger partial charge in [-0.05, 0) is 25.0 Å². The van der Waals surface area contributed by atoms with Gasteiger partial charge in [0.1, 0.15) is 0 Å². The molecule has 2 rings (SSSR count). The highest BCUT2D eigenvalue weighted by molar-refractivity contribution is 7.89. The monoisotopic (exact) mass is 317 g/mol. The Labute approximate surface area is 123 Å². The van der Waals surface area contributed by atoms with Crippen molar-refractivity contribution < 1.29 is 27.8 Å². The predicted octanol–water partition coefficient (Wildman–Crippen LogP) is 1.20. The molecular weight excluding hydrogens is 298 g/mol. The lowest BCUT2D eigenvalue weighted by Gasteiger charge is -2.35. The molecule has 0 bridgehead atoms. The number of sulfonamides is 1. The van der Waals surface area contributed by atoms with Gasteiger partial charge in [0.25, 0.3) is 10.0 Å². The van der Waals surface area contributed by atoms with E-state index in [1.807, 2.05) is 0 Å². The average Bonchev–Trinajstić information content (AvgIpc) is 2.97. The highest BCUT2D eigenvalue weighted by Crippen LogP contribution is 2.35. The summed E-state index contributed by atoms with van der Waals surface area (Å²) < 4.78 is 31.4. The Morgan fingerprint density at radius 3 is 2.48 bits per heavy atom. The van der Waals surface area contributed by atoms with Gasteiger partial charge in [-0.3, -0.25) is 0 Å². The van der Waals surface area contributed by atoms with Crippen LogP contribution in [-0.2, 0) is 10.0 Å². The summed E-state index contributed by atoms with van der Waals surface area (Å²) in [4.78, 5) is 10.7. The number of aromatic carboxylic acids is 1. The molecule has 1 heterocycles. The van der Waals surface area contributed by atoms with E-state index in [0.717, 1.165) is 44.2 Å².